The molecule has 76 valence electrons. The van der Waals surface area contributed by atoms with E-state index in [1.165, 1.54) is 0 Å². The lowest BCUT2D eigenvalue weighted by Gasteiger charge is -2.05. The Morgan fingerprint density at radius 2 is 1.86 bits per heavy atom. The molecule has 0 aromatic heterocycles. The fourth-order valence-electron chi connectivity index (χ4n) is 1.25. The van der Waals surface area contributed by atoms with Crippen LogP contribution in [0.1, 0.15) is 6.42 Å². The van der Waals surface area contributed by atoms with Gasteiger partial charge in [0.05, 0.1) is 0 Å². The Morgan fingerprint density at radius 1 is 1.21 bits per heavy atom. The van der Waals surface area contributed by atoms with Gasteiger partial charge in [-0.3, -0.25) is 0 Å². The van der Waals surface area contributed by atoms with Gasteiger partial charge in [0, 0.05) is 13.0 Å². The van der Waals surface area contributed by atoms with E-state index in [0.29, 0.717) is 0 Å². The highest BCUT2D eigenvalue weighted by Gasteiger charge is 2.17. The Hall–Kier alpha value is -0.720. The Morgan fingerprint density at radius 3 is 2.43 bits per heavy atom. The van der Waals surface area contributed by atoms with Gasteiger partial charge in [-0.1, -0.05) is 22.8 Å². The van der Waals surface area contributed by atoms with Crippen LogP contribution >= 0.6 is 7.80 Å². The average Bonchev–Trinajstić information content (AvgIpc) is 2.18. The molecule has 1 atom stereocenters. The third-order valence-corrected chi connectivity index (χ3v) is 3.61. The van der Waals surface area contributed by atoms with Gasteiger partial charge in [-0.15, -0.1) is 0 Å². The van der Waals surface area contributed by atoms with Crippen LogP contribution in [-0.4, -0.2) is 31.7 Å². The summed E-state index contributed by atoms with van der Waals surface area (Å²) in [4.78, 5) is 2.12. The van der Waals surface area contributed by atoms with Gasteiger partial charge in [-0.25, -0.2) is 0 Å². The van der Waals surface area contributed by atoms with Crippen LogP contribution in [0.25, 0.3) is 0 Å². The highest BCUT2D eigenvalue weighted by Crippen LogP contribution is 2.20. The first kappa shape index (κ1) is 11.4. The molecule has 0 saturated carbocycles. The number of benzene rings is 1. The minimum absolute atomic E-state index is 0.789. The zero-order valence-corrected chi connectivity index (χ0v) is 9.71. The zero-order chi connectivity index (χ0) is 10.4. The predicted octanol–water partition coefficient (Wildman–Crippen LogP) is 2.09. The van der Waals surface area contributed by atoms with Gasteiger partial charge in [-0.05, 0) is 26.2 Å². The summed E-state index contributed by atoms with van der Waals surface area (Å²) in [7, 11) is 2.89. The van der Waals surface area contributed by atoms with Gasteiger partial charge in [-0.2, -0.15) is 0 Å². The fourth-order valence-corrected chi connectivity index (χ4v) is 2.45. The van der Waals surface area contributed by atoms with E-state index in [9.17, 15) is 4.57 Å². The normalized spacial score (nSPS) is 11.8. The zero-order valence-electron chi connectivity index (χ0n) is 8.81. The maximum Gasteiger partial charge on any atom is 0.376 e. The maximum absolute atomic E-state index is 11.8. The number of hydrogen-bond donors (Lipinski definition) is 0. The molecule has 1 rings (SSSR count). The van der Waals surface area contributed by atoms with Crippen LogP contribution in [0.15, 0.2) is 30.3 Å². The molecule has 0 amide bonds. The molecule has 1 aromatic rings. The lowest BCUT2D eigenvalue weighted by Crippen LogP contribution is -2.14. The van der Waals surface area contributed by atoms with Crippen molar-refractivity contribution < 1.29 is 4.57 Å². The van der Waals surface area contributed by atoms with E-state index in [1.54, 1.807) is 0 Å². The van der Waals surface area contributed by atoms with Gasteiger partial charge >= 0.3 is 7.80 Å². The predicted molar refractivity (Wildman–Crippen MR) is 61.7 cm³/mol. The molecule has 0 aliphatic heterocycles. The number of nitrogens with zero attached hydrogens (tertiary/aromatic N) is 1. The van der Waals surface area contributed by atoms with Crippen molar-refractivity contribution in [1.82, 2.24) is 4.90 Å². The third kappa shape index (κ3) is 3.99. The Kier molecular flexibility index (Phi) is 4.78. The first-order chi connectivity index (χ1) is 6.70. The van der Waals surface area contributed by atoms with E-state index < -0.39 is 7.80 Å². The Bertz CT molecular complexity index is 285. The van der Waals surface area contributed by atoms with Crippen molar-refractivity contribution in [2.24, 2.45) is 0 Å². The van der Waals surface area contributed by atoms with Gasteiger partial charge in [0.25, 0.3) is 0 Å². The largest absolute Gasteiger partial charge is 0.376 e. The molecule has 2 nitrogen and oxygen atoms in total. The second-order valence-electron chi connectivity index (χ2n) is 3.59. The lowest BCUT2D eigenvalue weighted by molar-refractivity contribution is 0.409. The minimum Gasteiger partial charge on any atom is -0.309 e. The molecule has 1 unspecified atom stereocenters. The standard InChI is InChI=1S/C11H17NOP/c1-12(2)9-6-10-14(13)11-7-4-3-5-8-11/h3-5,7-8H,6,9-10H2,1-2H3/q+1. The van der Waals surface area contributed by atoms with E-state index in [4.69, 9.17) is 0 Å². The smallest absolute Gasteiger partial charge is 0.309 e. The molecule has 0 spiro atoms. The quantitative estimate of drug-likeness (QED) is 0.693. The molecule has 14 heavy (non-hydrogen) atoms. The molecule has 0 saturated heterocycles. The van der Waals surface area contributed by atoms with Crippen LogP contribution in [-0.2, 0) is 4.57 Å². The lowest BCUT2D eigenvalue weighted by atomic mass is 10.4. The SMILES string of the molecule is CN(C)CCC[P+](=O)c1ccccc1. The summed E-state index contributed by atoms with van der Waals surface area (Å²) < 4.78 is 11.8. The first-order valence-electron chi connectivity index (χ1n) is 4.84. The minimum atomic E-state index is -1.18. The van der Waals surface area contributed by atoms with E-state index in [1.807, 2.05) is 44.4 Å². The molecule has 0 fully saturated rings. The molecule has 0 aliphatic carbocycles. The Labute approximate surface area is 86.7 Å². The van der Waals surface area contributed by atoms with Crippen molar-refractivity contribution in [1.29, 1.82) is 0 Å². The van der Waals surface area contributed by atoms with E-state index in [-0.39, 0.29) is 0 Å². The summed E-state index contributed by atoms with van der Waals surface area (Å²) in [5, 5.41) is 0.973. The van der Waals surface area contributed by atoms with Crippen LogP contribution in [0.2, 0.25) is 0 Å². The summed E-state index contributed by atoms with van der Waals surface area (Å²) in [5.74, 6) is 0. The highest BCUT2D eigenvalue weighted by molar-refractivity contribution is 7.53. The first-order valence-corrected chi connectivity index (χ1v) is 6.29. The van der Waals surface area contributed by atoms with E-state index >= 15 is 0 Å². The van der Waals surface area contributed by atoms with Crippen molar-refractivity contribution in [3.05, 3.63) is 30.3 Å². The summed E-state index contributed by atoms with van der Waals surface area (Å²) in [6.45, 7) is 1.01. The molecule has 0 N–H and O–H groups in total. The van der Waals surface area contributed by atoms with Crippen LogP contribution in [0.3, 0.4) is 0 Å². The van der Waals surface area contributed by atoms with Gasteiger partial charge in [0.1, 0.15) is 0 Å². The Balaban J connectivity index is 2.36. The average molecular weight is 210 g/mol. The van der Waals surface area contributed by atoms with Crippen molar-refractivity contribution >= 4 is 13.1 Å². The molecule has 0 bridgehead atoms. The van der Waals surface area contributed by atoms with E-state index in [0.717, 1.165) is 24.4 Å². The summed E-state index contributed by atoms with van der Waals surface area (Å²) in [6, 6.07) is 9.71. The summed E-state index contributed by atoms with van der Waals surface area (Å²) >= 11 is 0. The van der Waals surface area contributed by atoms with Crippen molar-refractivity contribution in [3.63, 3.8) is 0 Å². The van der Waals surface area contributed by atoms with Crippen molar-refractivity contribution in [2.75, 3.05) is 26.8 Å². The van der Waals surface area contributed by atoms with Crippen LogP contribution in [0, 0.1) is 0 Å². The summed E-state index contributed by atoms with van der Waals surface area (Å²) in [5.41, 5.74) is 0. The van der Waals surface area contributed by atoms with Gasteiger partial charge in [0.2, 0.25) is 0 Å². The van der Waals surface area contributed by atoms with Crippen LogP contribution in [0.4, 0.5) is 0 Å². The van der Waals surface area contributed by atoms with Crippen LogP contribution < -0.4 is 5.30 Å². The molecule has 1 aromatic carbocycles. The summed E-state index contributed by atoms with van der Waals surface area (Å²) in [6.07, 6.45) is 1.79. The third-order valence-electron chi connectivity index (χ3n) is 2.01. The molecule has 0 heterocycles. The van der Waals surface area contributed by atoms with Crippen molar-refractivity contribution in [2.45, 2.75) is 6.42 Å². The molecule has 3 heteroatoms. The second kappa shape index (κ2) is 5.90. The number of hydrogen-bond acceptors (Lipinski definition) is 2. The topological polar surface area (TPSA) is 20.3 Å². The number of rotatable bonds is 5. The highest BCUT2D eigenvalue weighted by atomic mass is 31.1. The molecular formula is C11H17NOP+. The van der Waals surface area contributed by atoms with Gasteiger partial charge in [0.15, 0.2) is 11.5 Å². The molecule has 0 aliphatic rings. The van der Waals surface area contributed by atoms with Gasteiger partial charge < -0.3 is 4.90 Å². The maximum atomic E-state index is 11.8. The molecular weight excluding hydrogens is 193 g/mol. The molecule has 0 radical (unpaired) electrons. The van der Waals surface area contributed by atoms with Crippen LogP contribution in [0.5, 0.6) is 0 Å². The monoisotopic (exact) mass is 210 g/mol. The second-order valence-corrected chi connectivity index (χ2v) is 5.32. The van der Waals surface area contributed by atoms with E-state index in [2.05, 4.69) is 4.90 Å². The fraction of sp³-hybridized carbons (Fsp3) is 0.455. The van der Waals surface area contributed by atoms with Crippen molar-refractivity contribution in [3.8, 4) is 0 Å².